The molecule has 2 heterocycles. The van der Waals surface area contributed by atoms with Crippen LogP contribution < -0.4 is 0 Å². The standard InChI is InChI=1S/C11H15NO2/c12-6-2-1-4-9-8-14-11-10(9)5-3-7-13-11/h4,10-11H,1-3,5,7-8H2/b9-4+/t10-,11+/m1/s1. The summed E-state index contributed by atoms with van der Waals surface area (Å²) in [4.78, 5) is 0. The number of rotatable bonds is 2. The van der Waals surface area contributed by atoms with Crippen LogP contribution in [0.3, 0.4) is 0 Å². The molecule has 0 N–H and O–H groups in total. The second kappa shape index (κ2) is 4.59. The van der Waals surface area contributed by atoms with Crippen LogP contribution in [0.4, 0.5) is 0 Å². The van der Waals surface area contributed by atoms with Crippen molar-refractivity contribution in [3.05, 3.63) is 11.6 Å². The third-order valence-corrected chi connectivity index (χ3v) is 2.82. The maximum absolute atomic E-state index is 8.44. The van der Waals surface area contributed by atoms with E-state index < -0.39 is 0 Å². The summed E-state index contributed by atoms with van der Waals surface area (Å²) in [6, 6.07) is 2.15. The molecule has 0 aromatic rings. The van der Waals surface area contributed by atoms with Crippen LogP contribution in [0, 0.1) is 17.2 Å². The van der Waals surface area contributed by atoms with Crippen LogP contribution in [-0.2, 0) is 9.47 Å². The predicted octanol–water partition coefficient (Wildman–Crippen LogP) is 2.00. The zero-order chi connectivity index (χ0) is 9.80. The van der Waals surface area contributed by atoms with E-state index in [0.29, 0.717) is 18.9 Å². The normalized spacial score (nSPS) is 34.1. The monoisotopic (exact) mass is 193 g/mol. The van der Waals surface area contributed by atoms with E-state index in [1.165, 1.54) is 12.0 Å². The Morgan fingerprint density at radius 1 is 1.50 bits per heavy atom. The lowest BCUT2D eigenvalue weighted by Crippen LogP contribution is -2.26. The Morgan fingerprint density at radius 2 is 2.43 bits per heavy atom. The molecule has 2 atom stereocenters. The molecule has 0 amide bonds. The number of allylic oxidation sites excluding steroid dienone is 1. The molecule has 0 saturated carbocycles. The molecule has 0 spiro atoms. The van der Waals surface area contributed by atoms with Gasteiger partial charge in [-0.3, -0.25) is 0 Å². The SMILES string of the molecule is N#CCC/C=C1\CO[C@@H]2OCCC[C@H]12. The van der Waals surface area contributed by atoms with E-state index in [2.05, 4.69) is 12.1 Å². The minimum Gasteiger partial charge on any atom is -0.352 e. The van der Waals surface area contributed by atoms with Gasteiger partial charge in [-0.15, -0.1) is 0 Å². The molecule has 2 aliphatic rings. The van der Waals surface area contributed by atoms with Crippen LogP contribution in [-0.4, -0.2) is 19.5 Å². The Hall–Kier alpha value is -0.850. The molecule has 2 aliphatic heterocycles. The minimum absolute atomic E-state index is 0.00270. The zero-order valence-corrected chi connectivity index (χ0v) is 8.24. The summed E-state index contributed by atoms with van der Waals surface area (Å²) in [5.41, 5.74) is 1.34. The molecule has 76 valence electrons. The topological polar surface area (TPSA) is 42.2 Å². The molecule has 14 heavy (non-hydrogen) atoms. The van der Waals surface area contributed by atoms with Crippen molar-refractivity contribution in [1.82, 2.24) is 0 Å². The van der Waals surface area contributed by atoms with Gasteiger partial charge in [0.2, 0.25) is 0 Å². The van der Waals surface area contributed by atoms with Crippen molar-refractivity contribution in [3.63, 3.8) is 0 Å². The number of nitriles is 1. The van der Waals surface area contributed by atoms with Crippen LogP contribution in [0.5, 0.6) is 0 Å². The molecule has 2 rings (SSSR count). The Morgan fingerprint density at radius 3 is 3.29 bits per heavy atom. The first kappa shape index (κ1) is 9.70. The maximum atomic E-state index is 8.44. The van der Waals surface area contributed by atoms with E-state index >= 15 is 0 Å². The fourth-order valence-electron chi connectivity index (χ4n) is 2.10. The van der Waals surface area contributed by atoms with E-state index in [9.17, 15) is 0 Å². The van der Waals surface area contributed by atoms with Gasteiger partial charge in [-0.05, 0) is 24.8 Å². The maximum Gasteiger partial charge on any atom is 0.164 e. The van der Waals surface area contributed by atoms with Gasteiger partial charge in [0, 0.05) is 18.9 Å². The highest BCUT2D eigenvalue weighted by Crippen LogP contribution is 2.34. The van der Waals surface area contributed by atoms with Crippen molar-refractivity contribution in [1.29, 1.82) is 5.26 Å². The number of ether oxygens (including phenoxy) is 2. The molecule has 0 bridgehead atoms. The Labute approximate surface area is 84.3 Å². The zero-order valence-electron chi connectivity index (χ0n) is 8.24. The number of hydrogen-bond acceptors (Lipinski definition) is 3. The predicted molar refractivity (Wildman–Crippen MR) is 51.3 cm³/mol. The van der Waals surface area contributed by atoms with E-state index in [-0.39, 0.29) is 6.29 Å². The molecular formula is C11H15NO2. The number of fused-ring (bicyclic) bond motifs is 1. The number of hydrogen-bond donors (Lipinski definition) is 0. The average molecular weight is 193 g/mol. The van der Waals surface area contributed by atoms with Crippen molar-refractivity contribution < 1.29 is 9.47 Å². The van der Waals surface area contributed by atoms with Crippen molar-refractivity contribution in [2.45, 2.75) is 32.0 Å². The first-order valence-electron chi connectivity index (χ1n) is 5.21. The lowest BCUT2D eigenvalue weighted by Gasteiger charge is -2.24. The summed E-state index contributed by atoms with van der Waals surface area (Å²) in [5.74, 6) is 0.461. The number of unbranched alkanes of at least 4 members (excludes halogenated alkanes) is 1. The summed E-state index contributed by atoms with van der Waals surface area (Å²) in [6.45, 7) is 1.52. The molecule has 3 nitrogen and oxygen atoms in total. The lowest BCUT2D eigenvalue weighted by molar-refractivity contribution is -0.150. The summed E-state index contributed by atoms with van der Waals surface area (Å²) in [6.07, 6.45) is 5.89. The van der Waals surface area contributed by atoms with Gasteiger partial charge >= 0.3 is 0 Å². The van der Waals surface area contributed by atoms with Gasteiger partial charge in [0.1, 0.15) is 0 Å². The van der Waals surface area contributed by atoms with Crippen LogP contribution in [0.1, 0.15) is 25.7 Å². The van der Waals surface area contributed by atoms with Gasteiger partial charge in [0.05, 0.1) is 12.7 Å². The van der Waals surface area contributed by atoms with Crippen LogP contribution in [0.15, 0.2) is 11.6 Å². The van der Waals surface area contributed by atoms with Crippen LogP contribution in [0.25, 0.3) is 0 Å². The Kier molecular flexibility index (Phi) is 3.18. The summed E-state index contributed by atoms with van der Waals surface area (Å²) < 4.78 is 11.0. The Bertz CT molecular complexity index is 267. The molecule has 0 aromatic carbocycles. The molecule has 0 aliphatic carbocycles. The van der Waals surface area contributed by atoms with Crippen molar-refractivity contribution >= 4 is 0 Å². The van der Waals surface area contributed by atoms with Crippen LogP contribution >= 0.6 is 0 Å². The van der Waals surface area contributed by atoms with Crippen molar-refractivity contribution in [3.8, 4) is 6.07 Å². The van der Waals surface area contributed by atoms with Crippen LogP contribution in [0.2, 0.25) is 0 Å². The summed E-state index contributed by atoms with van der Waals surface area (Å²) >= 11 is 0. The fraction of sp³-hybridized carbons (Fsp3) is 0.727. The van der Waals surface area contributed by atoms with Crippen molar-refractivity contribution in [2.75, 3.05) is 13.2 Å². The quantitative estimate of drug-likeness (QED) is 0.497. The smallest absolute Gasteiger partial charge is 0.164 e. The second-order valence-corrected chi connectivity index (χ2v) is 3.77. The summed E-state index contributed by atoms with van der Waals surface area (Å²) in [5, 5.41) is 8.44. The number of nitrogens with zero attached hydrogens (tertiary/aromatic N) is 1. The Balaban J connectivity index is 1.94. The van der Waals surface area contributed by atoms with Gasteiger partial charge in [0.25, 0.3) is 0 Å². The van der Waals surface area contributed by atoms with E-state index in [4.69, 9.17) is 14.7 Å². The van der Waals surface area contributed by atoms with Crippen molar-refractivity contribution in [2.24, 2.45) is 5.92 Å². The fourth-order valence-corrected chi connectivity index (χ4v) is 2.10. The van der Waals surface area contributed by atoms with Gasteiger partial charge in [-0.25, -0.2) is 0 Å². The highest BCUT2D eigenvalue weighted by molar-refractivity contribution is 5.13. The van der Waals surface area contributed by atoms with Gasteiger partial charge < -0.3 is 9.47 Å². The highest BCUT2D eigenvalue weighted by atomic mass is 16.7. The minimum atomic E-state index is -0.00270. The molecule has 0 aromatic heterocycles. The molecule has 0 radical (unpaired) electrons. The highest BCUT2D eigenvalue weighted by Gasteiger charge is 2.35. The summed E-state index contributed by atoms with van der Waals surface area (Å²) in [7, 11) is 0. The van der Waals surface area contributed by atoms with E-state index in [0.717, 1.165) is 19.4 Å². The third kappa shape index (κ3) is 1.97. The molecule has 2 fully saturated rings. The van der Waals surface area contributed by atoms with Gasteiger partial charge in [-0.2, -0.15) is 5.26 Å². The first-order valence-corrected chi connectivity index (χ1v) is 5.21. The third-order valence-electron chi connectivity index (χ3n) is 2.82. The van der Waals surface area contributed by atoms with E-state index in [1.807, 2.05) is 0 Å². The molecule has 2 saturated heterocycles. The van der Waals surface area contributed by atoms with E-state index in [1.54, 1.807) is 0 Å². The average Bonchev–Trinajstić information content (AvgIpc) is 2.63. The first-order chi connectivity index (χ1) is 6.92. The molecule has 3 heteroatoms. The molecular weight excluding hydrogens is 178 g/mol. The van der Waals surface area contributed by atoms with Gasteiger partial charge in [0.15, 0.2) is 6.29 Å². The largest absolute Gasteiger partial charge is 0.352 e. The molecule has 0 unspecified atom stereocenters. The second-order valence-electron chi connectivity index (χ2n) is 3.77. The lowest BCUT2D eigenvalue weighted by atomic mass is 9.93. The van der Waals surface area contributed by atoms with Gasteiger partial charge in [-0.1, -0.05) is 6.08 Å².